The van der Waals surface area contributed by atoms with Crippen LogP contribution in [0.25, 0.3) is 0 Å². The van der Waals surface area contributed by atoms with Crippen LogP contribution in [0.4, 0.5) is 4.79 Å². The van der Waals surface area contributed by atoms with Crippen LogP contribution in [0, 0.1) is 0 Å². The maximum Gasteiger partial charge on any atom is 0.410 e. The highest BCUT2D eigenvalue weighted by Gasteiger charge is 2.43. The molecule has 22 heavy (non-hydrogen) atoms. The van der Waals surface area contributed by atoms with Gasteiger partial charge in [-0.2, -0.15) is 5.10 Å². The number of nitrogens with zero attached hydrogens (tertiary/aromatic N) is 4. The zero-order valence-electron chi connectivity index (χ0n) is 13.5. The van der Waals surface area contributed by atoms with Crippen LogP contribution in [0.5, 0.6) is 0 Å². The number of likely N-dealkylation sites (tertiary alicyclic amines) is 1. The van der Waals surface area contributed by atoms with Gasteiger partial charge >= 0.3 is 6.09 Å². The third kappa shape index (κ3) is 2.55. The van der Waals surface area contributed by atoms with E-state index < -0.39 is 17.7 Å². The highest BCUT2D eigenvalue weighted by Crippen LogP contribution is 2.28. The number of ether oxygens (including phenoxy) is 1. The summed E-state index contributed by atoms with van der Waals surface area (Å²) in [5.74, 6) is -0.00620. The first-order valence-electron chi connectivity index (χ1n) is 7.54. The highest BCUT2D eigenvalue weighted by molar-refractivity contribution is 5.87. The number of rotatable bonds is 1. The lowest BCUT2D eigenvalue weighted by Gasteiger charge is -2.41. The average molecular weight is 306 g/mol. The first kappa shape index (κ1) is 14.9. The van der Waals surface area contributed by atoms with E-state index in [2.05, 4.69) is 5.10 Å². The molecule has 3 heterocycles. The Morgan fingerprint density at radius 3 is 2.59 bits per heavy atom. The molecular weight excluding hydrogens is 284 g/mol. The van der Waals surface area contributed by atoms with Gasteiger partial charge in [0.05, 0.1) is 18.4 Å². The van der Waals surface area contributed by atoms with Crippen molar-refractivity contribution in [2.75, 3.05) is 6.54 Å². The topological polar surface area (TPSA) is 67.7 Å². The Morgan fingerprint density at radius 1 is 1.32 bits per heavy atom. The summed E-state index contributed by atoms with van der Waals surface area (Å²) in [5, 5.41) is 4.19. The molecule has 3 rings (SSSR count). The maximum absolute atomic E-state index is 12.6. The molecule has 0 bridgehead atoms. The Balaban J connectivity index is 1.63. The number of amides is 2. The third-order valence-corrected chi connectivity index (χ3v) is 4.09. The van der Waals surface area contributed by atoms with Gasteiger partial charge in [-0.3, -0.25) is 14.4 Å². The minimum atomic E-state index is -0.546. The summed E-state index contributed by atoms with van der Waals surface area (Å²) in [7, 11) is 1.88. The summed E-state index contributed by atoms with van der Waals surface area (Å²) in [6.45, 7) is 7.18. The van der Waals surface area contributed by atoms with Crippen molar-refractivity contribution in [3.05, 3.63) is 17.5 Å². The van der Waals surface area contributed by atoms with Crippen molar-refractivity contribution in [2.24, 2.45) is 7.05 Å². The van der Waals surface area contributed by atoms with Crippen molar-refractivity contribution < 1.29 is 14.3 Å². The number of fused-ring (bicyclic) bond motifs is 1. The van der Waals surface area contributed by atoms with Gasteiger partial charge in [-0.15, -0.1) is 0 Å². The van der Waals surface area contributed by atoms with Crippen LogP contribution in [0.2, 0.25) is 0 Å². The minimum Gasteiger partial charge on any atom is -0.444 e. The lowest BCUT2D eigenvalue weighted by molar-refractivity contribution is -0.142. The molecule has 1 fully saturated rings. The van der Waals surface area contributed by atoms with Gasteiger partial charge < -0.3 is 9.64 Å². The summed E-state index contributed by atoms with van der Waals surface area (Å²) >= 11 is 0. The number of hydrogen-bond acceptors (Lipinski definition) is 4. The number of carbonyl (C=O) groups excluding carboxylic acids is 2. The van der Waals surface area contributed by atoms with Crippen LogP contribution in [-0.2, 0) is 29.7 Å². The number of carbonyl (C=O) groups is 2. The van der Waals surface area contributed by atoms with E-state index in [0.717, 1.165) is 11.3 Å². The lowest BCUT2D eigenvalue weighted by Crippen LogP contribution is -2.59. The van der Waals surface area contributed by atoms with Crippen LogP contribution in [0.15, 0.2) is 6.20 Å². The molecule has 1 atom stereocenters. The fourth-order valence-electron chi connectivity index (χ4n) is 2.84. The second kappa shape index (κ2) is 5.00. The van der Waals surface area contributed by atoms with Crippen molar-refractivity contribution in [1.29, 1.82) is 0 Å². The van der Waals surface area contributed by atoms with E-state index in [9.17, 15) is 9.59 Å². The fourth-order valence-corrected chi connectivity index (χ4v) is 2.84. The molecule has 0 unspecified atom stereocenters. The zero-order chi connectivity index (χ0) is 16.1. The molecule has 0 aliphatic carbocycles. The molecule has 1 aromatic rings. The van der Waals surface area contributed by atoms with Gasteiger partial charge in [-0.05, 0) is 27.2 Å². The molecule has 7 heteroatoms. The quantitative estimate of drug-likeness (QED) is 0.783. The summed E-state index contributed by atoms with van der Waals surface area (Å²) < 4.78 is 7.15. The number of aromatic nitrogens is 2. The minimum absolute atomic E-state index is 0.00620. The largest absolute Gasteiger partial charge is 0.444 e. The molecule has 0 spiro atoms. The molecule has 0 aromatic carbocycles. The number of hydrogen-bond donors (Lipinski definition) is 0. The molecule has 120 valence electrons. The first-order valence-corrected chi connectivity index (χ1v) is 7.54. The molecule has 2 amide bonds. The van der Waals surface area contributed by atoms with Crippen molar-refractivity contribution in [2.45, 2.75) is 51.9 Å². The van der Waals surface area contributed by atoms with Crippen LogP contribution in [-0.4, -0.2) is 49.8 Å². The first-order chi connectivity index (χ1) is 10.3. The lowest BCUT2D eigenvalue weighted by atomic mass is 10.0. The van der Waals surface area contributed by atoms with Crippen LogP contribution < -0.4 is 0 Å². The smallest absolute Gasteiger partial charge is 0.410 e. The normalized spacial score (nSPS) is 20.6. The van der Waals surface area contributed by atoms with Crippen molar-refractivity contribution >= 4 is 12.0 Å². The van der Waals surface area contributed by atoms with E-state index in [1.807, 2.05) is 27.8 Å². The summed E-state index contributed by atoms with van der Waals surface area (Å²) in [5.41, 5.74) is 1.60. The van der Waals surface area contributed by atoms with Gasteiger partial charge in [-0.1, -0.05) is 0 Å². The van der Waals surface area contributed by atoms with E-state index in [1.165, 1.54) is 4.90 Å². The number of aryl methyl sites for hydroxylation is 1. The van der Waals surface area contributed by atoms with Crippen molar-refractivity contribution in [3.63, 3.8) is 0 Å². The highest BCUT2D eigenvalue weighted by atomic mass is 16.6. The summed E-state index contributed by atoms with van der Waals surface area (Å²) in [4.78, 5) is 28.1. The SMILES string of the molecule is Cn1ncc2c1CN(C(=O)[C@H]1CCN1C(=O)OC(C)(C)C)C2. The molecular formula is C15H22N4O3. The van der Waals surface area contributed by atoms with Crippen LogP contribution in [0.3, 0.4) is 0 Å². The van der Waals surface area contributed by atoms with E-state index in [-0.39, 0.29) is 5.91 Å². The zero-order valence-corrected chi connectivity index (χ0v) is 13.5. The van der Waals surface area contributed by atoms with Gasteiger partial charge in [0.2, 0.25) is 5.91 Å². The maximum atomic E-state index is 12.6. The summed E-state index contributed by atoms with van der Waals surface area (Å²) in [6.07, 6.45) is 2.09. The monoisotopic (exact) mass is 306 g/mol. The van der Waals surface area contributed by atoms with Gasteiger partial charge in [0.25, 0.3) is 0 Å². The molecule has 0 radical (unpaired) electrons. The summed E-state index contributed by atoms with van der Waals surface area (Å²) in [6, 6.07) is -0.392. The third-order valence-electron chi connectivity index (χ3n) is 4.09. The van der Waals surface area contributed by atoms with E-state index in [0.29, 0.717) is 26.1 Å². The van der Waals surface area contributed by atoms with Gasteiger partial charge in [0.1, 0.15) is 11.6 Å². The van der Waals surface area contributed by atoms with E-state index in [4.69, 9.17) is 4.74 Å². The van der Waals surface area contributed by atoms with Gasteiger partial charge in [0, 0.05) is 25.7 Å². The molecule has 1 aromatic heterocycles. The molecule has 2 aliphatic heterocycles. The molecule has 1 saturated heterocycles. The molecule has 7 nitrogen and oxygen atoms in total. The van der Waals surface area contributed by atoms with Crippen molar-refractivity contribution in [3.8, 4) is 0 Å². The second-order valence-electron chi connectivity index (χ2n) is 6.91. The van der Waals surface area contributed by atoms with Crippen molar-refractivity contribution in [1.82, 2.24) is 19.6 Å². The van der Waals surface area contributed by atoms with Crippen LogP contribution >= 0.6 is 0 Å². The molecule has 2 aliphatic rings. The fraction of sp³-hybridized carbons (Fsp3) is 0.667. The Kier molecular flexibility index (Phi) is 3.38. The Hall–Kier alpha value is -2.05. The molecule has 0 saturated carbocycles. The van der Waals surface area contributed by atoms with Crippen LogP contribution in [0.1, 0.15) is 38.4 Å². The second-order valence-corrected chi connectivity index (χ2v) is 6.91. The predicted molar refractivity (Wildman–Crippen MR) is 78.8 cm³/mol. The molecule has 0 N–H and O–H groups in total. The Bertz CT molecular complexity index is 617. The standard InChI is InChI=1S/C15H22N4O3/c1-15(2,3)22-14(21)19-6-5-11(19)13(20)18-8-10-7-16-17(4)12(10)9-18/h7,11H,5-6,8-9H2,1-4H3/t11-/m1/s1. The Labute approximate surface area is 129 Å². The average Bonchev–Trinajstić information content (AvgIpc) is 2.88. The van der Waals surface area contributed by atoms with E-state index >= 15 is 0 Å². The van der Waals surface area contributed by atoms with E-state index in [1.54, 1.807) is 15.8 Å². The predicted octanol–water partition coefficient (Wildman–Crippen LogP) is 1.27. The Morgan fingerprint density at radius 2 is 2.05 bits per heavy atom. The van der Waals surface area contributed by atoms with Gasteiger partial charge in [0.15, 0.2) is 0 Å². The van der Waals surface area contributed by atoms with Gasteiger partial charge in [-0.25, -0.2) is 4.79 Å².